The zero-order chi connectivity index (χ0) is 6.95. The van der Waals surface area contributed by atoms with Crippen LogP contribution in [0.25, 0.3) is 0 Å². The fourth-order valence-electron chi connectivity index (χ4n) is 0.479. The molecule has 0 aromatic heterocycles. The monoisotopic (exact) mass is 132 g/mol. The Kier molecular flexibility index (Phi) is 14.7. The van der Waals surface area contributed by atoms with Gasteiger partial charge in [0.05, 0.1) is 7.11 Å². The largest absolute Gasteiger partial charge is 1.00 e. The molecule has 0 aromatic rings. The Morgan fingerprint density at radius 3 is 2.80 bits per heavy atom. The second-order valence-corrected chi connectivity index (χ2v) is 1.80. The number of ether oxygens (including phenoxy) is 1. The van der Waals surface area contributed by atoms with E-state index in [-0.39, 0.29) is 18.9 Å². The average molecular weight is 132 g/mol. The molecule has 0 saturated heterocycles. The number of rotatable bonds is 4. The molecular weight excluding hydrogens is 119 g/mol. The first kappa shape index (κ1) is 12.6. The molecule has 0 aliphatic carbocycles. The summed E-state index contributed by atoms with van der Waals surface area (Å²) < 4.78 is 4.53. The van der Waals surface area contributed by atoms with Crippen molar-refractivity contribution in [3.05, 3.63) is 18.1 Å². The van der Waals surface area contributed by atoms with Gasteiger partial charge in [-0.15, -0.1) is 0 Å². The summed E-state index contributed by atoms with van der Waals surface area (Å²) in [6.45, 7) is 2.16. The SMILES string of the molecule is CCCCC=C=[C-]OC.[Li+]. The van der Waals surface area contributed by atoms with Crippen LogP contribution in [0.4, 0.5) is 0 Å². The van der Waals surface area contributed by atoms with E-state index in [1.807, 2.05) is 6.08 Å². The Balaban J connectivity index is 0. The summed E-state index contributed by atoms with van der Waals surface area (Å²) in [5.41, 5.74) is 2.77. The van der Waals surface area contributed by atoms with Crippen LogP contribution in [0.15, 0.2) is 11.8 Å². The third-order valence-corrected chi connectivity index (χ3v) is 0.965. The molecular formula is C8H13LiO. The fraction of sp³-hybridized carbons (Fsp3) is 0.625. The molecule has 10 heavy (non-hydrogen) atoms. The number of allylic oxidation sites excluding steroid dienone is 1. The van der Waals surface area contributed by atoms with Gasteiger partial charge in [0, 0.05) is 0 Å². The summed E-state index contributed by atoms with van der Waals surface area (Å²) in [6.07, 6.45) is 7.96. The summed E-state index contributed by atoms with van der Waals surface area (Å²) in [7, 11) is 1.57. The Morgan fingerprint density at radius 1 is 1.60 bits per heavy atom. The van der Waals surface area contributed by atoms with Crippen LogP contribution in [0, 0.1) is 6.26 Å². The van der Waals surface area contributed by atoms with Gasteiger partial charge in [-0.25, -0.2) is 0 Å². The predicted molar refractivity (Wildman–Crippen MR) is 37.9 cm³/mol. The number of methoxy groups -OCH3 is 1. The minimum atomic E-state index is 0. The van der Waals surface area contributed by atoms with E-state index in [2.05, 4.69) is 23.7 Å². The van der Waals surface area contributed by atoms with Gasteiger partial charge in [0.2, 0.25) is 0 Å². The molecule has 0 aliphatic heterocycles. The van der Waals surface area contributed by atoms with Gasteiger partial charge >= 0.3 is 18.9 Å². The Bertz CT molecular complexity index is 104. The quantitative estimate of drug-likeness (QED) is 0.161. The first-order chi connectivity index (χ1) is 4.41. The second-order valence-electron chi connectivity index (χ2n) is 1.80. The molecule has 0 aromatic carbocycles. The van der Waals surface area contributed by atoms with E-state index in [0.29, 0.717) is 0 Å². The Labute approximate surface area is 75.3 Å². The van der Waals surface area contributed by atoms with Gasteiger partial charge in [-0.2, -0.15) is 6.08 Å². The maximum Gasteiger partial charge on any atom is 1.00 e. The molecule has 0 fully saturated rings. The molecule has 0 radical (unpaired) electrons. The van der Waals surface area contributed by atoms with Gasteiger partial charge in [0.1, 0.15) is 0 Å². The van der Waals surface area contributed by atoms with Gasteiger partial charge in [-0.1, -0.05) is 26.2 Å². The van der Waals surface area contributed by atoms with Crippen molar-refractivity contribution in [3.8, 4) is 0 Å². The zero-order valence-corrected chi connectivity index (χ0v) is 7.11. The van der Waals surface area contributed by atoms with Crippen LogP contribution in [0.2, 0.25) is 0 Å². The van der Waals surface area contributed by atoms with Crippen LogP contribution in [0.3, 0.4) is 0 Å². The molecule has 0 N–H and O–H groups in total. The van der Waals surface area contributed by atoms with E-state index in [4.69, 9.17) is 0 Å². The second kappa shape index (κ2) is 11.7. The minimum absolute atomic E-state index is 0. The third-order valence-electron chi connectivity index (χ3n) is 0.965. The van der Waals surface area contributed by atoms with Crippen molar-refractivity contribution in [2.45, 2.75) is 26.2 Å². The molecule has 0 heterocycles. The predicted octanol–water partition coefficient (Wildman–Crippen LogP) is -0.701. The molecule has 0 rings (SSSR count). The Morgan fingerprint density at radius 2 is 2.30 bits per heavy atom. The van der Waals surface area contributed by atoms with Gasteiger partial charge in [-0.3, -0.25) is 5.73 Å². The number of hydrogen-bond acceptors (Lipinski definition) is 1. The topological polar surface area (TPSA) is 9.23 Å². The van der Waals surface area contributed by atoms with Crippen LogP contribution in [0.5, 0.6) is 0 Å². The summed E-state index contributed by atoms with van der Waals surface area (Å²) >= 11 is 0. The van der Waals surface area contributed by atoms with E-state index in [1.165, 1.54) is 12.8 Å². The molecule has 1 nitrogen and oxygen atoms in total. The van der Waals surface area contributed by atoms with Crippen LogP contribution in [0.1, 0.15) is 26.2 Å². The van der Waals surface area contributed by atoms with E-state index in [0.717, 1.165) is 6.42 Å². The summed E-state index contributed by atoms with van der Waals surface area (Å²) in [5, 5.41) is 0. The van der Waals surface area contributed by atoms with Crippen molar-refractivity contribution in [2.24, 2.45) is 0 Å². The number of hydrogen-bond donors (Lipinski definition) is 0. The standard InChI is InChI=1S/C8H13O.Li/c1-3-4-5-6-7-8-9-2;/h6H,3-5H2,1-2H3;/q-1;+1. The first-order valence-corrected chi connectivity index (χ1v) is 3.27. The molecule has 0 amide bonds. The van der Waals surface area contributed by atoms with Gasteiger partial charge in [0.15, 0.2) is 0 Å². The summed E-state index contributed by atoms with van der Waals surface area (Å²) in [6, 6.07) is 0. The molecule has 0 spiro atoms. The normalized spacial score (nSPS) is 7.00. The van der Waals surface area contributed by atoms with E-state index in [9.17, 15) is 0 Å². The van der Waals surface area contributed by atoms with Crippen molar-refractivity contribution in [2.75, 3.05) is 7.11 Å². The molecule has 0 unspecified atom stereocenters. The maximum atomic E-state index is 4.53. The molecule has 0 saturated carbocycles. The van der Waals surface area contributed by atoms with Crippen LogP contribution < -0.4 is 18.9 Å². The van der Waals surface area contributed by atoms with E-state index < -0.39 is 0 Å². The molecule has 0 bridgehead atoms. The zero-order valence-electron chi connectivity index (χ0n) is 7.11. The molecule has 52 valence electrons. The first-order valence-electron chi connectivity index (χ1n) is 3.27. The summed E-state index contributed by atoms with van der Waals surface area (Å²) in [4.78, 5) is 0. The third kappa shape index (κ3) is 10.8. The Hall–Kier alpha value is -0.0826. The van der Waals surface area contributed by atoms with Gasteiger partial charge in [-0.05, 0) is 6.26 Å². The van der Waals surface area contributed by atoms with Crippen molar-refractivity contribution in [3.63, 3.8) is 0 Å². The van der Waals surface area contributed by atoms with Crippen molar-refractivity contribution < 1.29 is 23.6 Å². The molecule has 0 aliphatic rings. The minimum Gasteiger partial charge on any atom is -0.588 e. The molecule has 2 heteroatoms. The van der Waals surface area contributed by atoms with E-state index >= 15 is 0 Å². The molecule has 0 atom stereocenters. The summed E-state index contributed by atoms with van der Waals surface area (Å²) in [5.74, 6) is 0. The fourth-order valence-corrected chi connectivity index (χ4v) is 0.479. The smallest absolute Gasteiger partial charge is 0.588 e. The van der Waals surface area contributed by atoms with Crippen molar-refractivity contribution in [1.82, 2.24) is 0 Å². The van der Waals surface area contributed by atoms with Crippen molar-refractivity contribution >= 4 is 0 Å². The van der Waals surface area contributed by atoms with Gasteiger partial charge in [0.25, 0.3) is 0 Å². The van der Waals surface area contributed by atoms with Crippen LogP contribution >= 0.6 is 0 Å². The van der Waals surface area contributed by atoms with Gasteiger partial charge < -0.3 is 4.74 Å². The van der Waals surface area contributed by atoms with Crippen molar-refractivity contribution in [1.29, 1.82) is 0 Å². The average Bonchev–Trinajstić information content (AvgIpc) is 1.89. The van der Waals surface area contributed by atoms with Crippen LogP contribution in [-0.2, 0) is 4.74 Å². The van der Waals surface area contributed by atoms with Crippen LogP contribution in [-0.4, -0.2) is 7.11 Å². The number of unbranched alkanes of at least 4 members (excludes halogenated alkanes) is 2. The van der Waals surface area contributed by atoms with E-state index in [1.54, 1.807) is 7.11 Å². The maximum absolute atomic E-state index is 4.53.